The number of anilines is 1. The summed E-state index contributed by atoms with van der Waals surface area (Å²) in [5.41, 5.74) is 0.804. The summed E-state index contributed by atoms with van der Waals surface area (Å²) >= 11 is 0. The van der Waals surface area contributed by atoms with Crippen LogP contribution < -0.4 is 4.90 Å². The second-order valence-corrected chi connectivity index (χ2v) is 5.24. The summed E-state index contributed by atoms with van der Waals surface area (Å²) in [5.74, 6) is 0.654. The molecule has 0 saturated carbocycles. The minimum absolute atomic E-state index is 0.0830. The van der Waals surface area contributed by atoms with Gasteiger partial charge in [-0.15, -0.1) is 0 Å². The molecule has 1 saturated heterocycles. The molecular weight excluding hydrogens is 270 g/mol. The Morgan fingerprint density at radius 2 is 2.33 bits per heavy atom. The van der Waals surface area contributed by atoms with Crippen LogP contribution in [0.5, 0.6) is 0 Å². The normalized spacial score (nSPS) is 19.0. The fourth-order valence-corrected chi connectivity index (χ4v) is 2.82. The van der Waals surface area contributed by atoms with Gasteiger partial charge in [0.1, 0.15) is 12.1 Å². The topological polar surface area (TPSA) is 73.1 Å². The van der Waals surface area contributed by atoms with Crippen LogP contribution in [0.3, 0.4) is 0 Å². The van der Waals surface area contributed by atoms with Gasteiger partial charge in [-0.25, -0.2) is 9.97 Å². The van der Waals surface area contributed by atoms with Crippen LogP contribution in [0.4, 0.5) is 5.82 Å². The first kappa shape index (κ1) is 13.8. The van der Waals surface area contributed by atoms with E-state index in [0.717, 1.165) is 36.2 Å². The van der Waals surface area contributed by atoms with Gasteiger partial charge in [0.05, 0.1) is 24.1 Å². The summed E-state index contributed by atoms with van der Waals surface area (Å²) in [6, 6.07) is 0. The van der Waals surface area contributed by atoms with Crippen LogP contribution in [0.25, 0.3) is 11.0 Å². The molecule has 7 heteroatoms. The first-order valence-corrected chi connectivity index (χ1v) is 7.25. The molecule has 2 aromatic rings. The van der Waals surface area contributed by atoms with Crippen molar-refractivity contribution in [3.63, 3.8) is 0 Å². The maximum atomic E-state index is 11.9. The van der Waals surface area contributed by atoms with Crippen LogP contribution in [-0.4, -0.2) is 45.4 Å². The number of carbonyl (C=O) groups is 1. The lowest BCUT2D eigenvalue weighted by atomic mass is 9.98. The highest BCUT2D eigenvalue weighted by Gasteiger charge is 2.28. The van der Waals surface area contributed by atoms with Crippen molar-refractivity contribution in [2.24, 2.45) is 13.0 Å². The van der Waals surface area contributed by atoms with Crippen LogP contribution in [0, 0.1) is 5.92 Å². The van der Waals surface area contributed by atoms with Crippen molar-refractivity contribution in [3.8, 4) is 0 Å². The summed E-state index contributed by atoms with van der Waals surface area (Å²) in [5, 5.41) is 5.15. The number of ether oxygens (including phenoxy) is 1. The standard InChI is InChI=1S/C14H19N5O2/c1-3-21-14(20)10-5-4-6-19(8-10)13-11-7-17-18(2)12(11)15-9-16-13/h7,9-10H,3-6,8H2,1-2H3. The second kappa shape index (κ2) is 5.67. The summed E-state index contributed by atoms with van der Waals surface area (Å²) in [7, 11) is 1.86. The fraction of sp³-hybridized carbons (Fsp3) is 0.571. The Morgan fingerprint density at radius 1 is 1.48 bits per heavy atom. The number of esters is 1. The lowest BCUT2D eigenvalue weighted by molar-refractivity contribution is -0.148. The van der Waals surface area contributed by atoms with E-state index in [2.05, 4.69) is 20.0 Å². The quantitative estimate of drug-likeness (QED) is 0.789. The largest absolute Gasteiger partial charge is 0.466 e. The van der Waals surface area contributed by atoms with Crippen LogP contribution >= 0.6 is 0 Å². The van der Waals surface area contributed by atoms with Crippen molar-refractivity contribution in [2.45, 2.75) is 19.8 Å². The van der Waals surface area contributed by atoms with E-state index < -0.39 is 0 Å². The predicted molar refractivity (Wildman–Crippen MR) is 77.9 cm³/mol. The van der Waals surface area contributed by atoms with Crippen molar-refractivity contribution < 1.29 is 9.53 Å². The van der Waals surface area contributed by atoms with E-state index in [-0.39, 0.29) is 11.9 Å². The smallest absolute Gasteiger partial charge is 0.310 e. The van der Waals surface area contributed by atoms with Gasteiger partial charge in [0.2, 0.25) is 0 Å². The predicted octanol–water partition coefficient (Wildman–Crippen LogP) is 1.14. The molecule has 0 N–H and O–H groups in total. The molecule has 2 aromatic heterocycles. The van der Waals surface area contributed by atoms with Crippen molar-refractivity contribution in [3.05, 3.63) is 12.5 Å². The van der Waals surface area contributed by atoms with Gasteiger partial charge in [0.15, 0.2) is 5.65 Å². The Kier molecular flexibility index (Phi) is 3.72. The Balaban J connectivity index is 1.86. The molecule has 0 aliphatic carbocycles. The zero-order valence-corrected chi connectivity index (χ0v) is 12.3. The average Bonchev–Trinajstić information content (AvgIpc) is 2.89. The summed E-state index contributed by atoms with van der Waals surface area (Å²) in [6.07, 6.45) is 5.15. The molecule has 1 fully saturated rings. The van der Waals surface area contributed by atoms with Gasteiger partial charge in [-0.05, 0) is 19.8 Å². The lowest BCUT2D eigenvalue weighted by Crippen LogP contribution is -2.40. The van der Waals surface area contributed by atoms with E-state index in [1.807, 2.05) is 14.0 Å². The van der Waals surface area contributed by atoms with E-state index in [1.54, 1.807) is 17.2 Å². The second-order valence-electron chi connectivity index (χ2n) is 5.24. The number of hydrogen-bond acceptors (Lipinski definition) is 6. The van der Waals surface area contributed by atoms with Crippen LogP contribution in [0.15, 0.2) is 12.5 Å². The van der Waals surface area contributed by atoms with E-state index >= 15 is 0 Å². The highest BCUT2D eigenvalue weighted by Crippen LogP contribution is 2.27. The van der Waals surface area contributed by atoms with E-state index in [1.165, 1.54) is 0 Å². The van der Waals surface area contributed by atoms with Crippen LogP contribution in [-0.2, 0) is 16.6 Å². The molecule has 0 aromatic carbocycles. The number of hydrogen-bond donors (Lipinski definition) is 0. The third kappa shape index (κ3) is 2.55. The zero-order chi connectivity index (χ0) is 14.8. The van der Waals surface area contributed by atoms with Gasteiger partial charge < -0.3 is 9.64 Å². The molecule has 1 aliphatic heterocycles. The van der Waals surface area contributed by atoms with Gasteiger partial charge in [-0.3, -0.25) is 9.48 Å². The molecule has 7 nitrogen and oxygen atoms in total. The van der Waals surface area contributed by atoms with Gasteiger partial charge in [0.25, 0.3) is 0 Å². The van der Waals surface area contributed by atoms with Crippen molar-refractivity contribution >= 4 is 22.8 Å². The highest BCUT2D eigenvalue weighted by molar-refractivity contribution is 5.87. The Bertz CT molecular complexity index is 654. The van der Waals surface area contributed by atoms with E-state index in [0.29, 0.717) is 13.2 Å². The molecule has 3 rings (SSSR count). The first-order valence-electron chi connectivity index (χ1n) is 7.25. The molecule has 1 atom stereocenters. The summed E-state index contributed by atoms with van der Waals surface area (Å²) in [4.78, 5) is 22.7. The lowest BCUT2D eigenvalue weighted by Gasteiger charge is -2.32. The number of piperidine rings is 1. The Hall–Kier alpha value is -2.18. The number of carbonyl (C=O) groups excluding carboxylic acids is 1. The Morgan fingerprint density at radius 3 is 3.14 bits per heavy atom. The first-order chi connectivity index (χ1) is 10.2. The fourth-order valence-electron chi connectivity index (χ4n) is 2.82. The third-order valence-corrected chi connectivity index (χ3v) is 3.85. The van der Waals surface area contributed by atoms with Gasteiger partial charge in [-0.2, -0.15) is 5.10 Å². The maximum Gasteiger partial charge on any atom is 0.310 e. The number of rotatable bonds is 3. The maximum absolute atomic E-state index is 11.9. The molecule has 0 radical (unpaired) electrons. The van der Waals surface area contributed by atoms with Gasteiger partial charge in [-0.1, -0.05) is 0 Å². The van der Waals surface area contributed by atoms with Crippen molar-refractivity contribution in [1.29, 1.82) is 0 Å². The third-order valence-electron chi connectivity index (χ3n) is 3.85. The molecule has 0 amide bonds. The molecule has 1 aliphatic rings. The minimum atomic E-state index is -0.112. The number of aromatic nitrogens is 4. The SMILES string of the molecule is CCOC(=O)C1CCCN(c2ncnc3c2cnn3C)C1. The monoisotopic (exact) mass is 289 g/mol. The number of aryl methyl sites for hydroxylation is 1. The number of nitrogens with zero attached hydrogens (tertiary/aromatic N) is 5. The Labute approximate surface area is 122 Å². The van der Waals surface area contributed by atoms with Crippen molar-refractivity contribution in [1.82, 2.24) is 19.7 Å². The summed E-state index contributed by atoms with van der Waals surface area (Å²) in [6.45, 7) is 3.79. The molecule has 0 spiro atoms. The van der Waals surface area contributed by atoms with E-state index in [9.17, 15) is 4.79 Å². The van der Waals surface area contributed by atoms with Crippen LogP contribution in [0.1, 0.15) is 19.8 Å². The minimum Gasteiger partial charge on any atom is -0.466 e. The molecular formula is C14H19N5O2. The molecule has 3 heterocycles. The number of fused-ring (bicyclic) bond motifs is 1. The van der Waals surface area contributed by atoms with Gasteiger partial charge >= 0.3 is 5.97 Å². The molecule has 21 heavy (non-hydrogen) atoms. The molecule has 1 unspecified atom stereocenters. The average molecular weight is 289 g/mol. The zero-order valence-electron chi connectivity index (χ0n) is 12.3. The molecule has 112 valence electrons. The highest BCUT2D eigenvalue weighted by atomic mass is 16.5. The van der Waals surface area contributed by atoms with Gasteiger partial charge in [0, 0.05) is 20.1 Å². The van der Waals surface area contributed by atoms with E-state index in [4.69, 9.17) is 4.74 Å². The molecule has 0 bridgehead atoms. The van der Waals surface area contributed by atoms with Crippen molar-refractivity contribution in [2.75, 3.05) is 24.6 Å². The summed E-state index contributed by atoms with van der Waals surface area (Å²) < 4.78 is 6.87. The van der Waals surface area contributed by atoms with Crippen LogP contribution in [0.2, 0.25) is 0 Å².